The Balaban J connectivity index is 1.68. The Morgan fingerprint density at radius 3 is 2.36 bits per heavy atom. The maximum absolute atomic E-state index is 9.15. The summed E-state index contributed by atoms with van der Waals surface area (Å²) in [6, 6.07) is 19.1. The van der Waals surface area contributed by atoms with E-state index in [0.717, 1.165) is 11.1 Å². The summed E-state index contributed by atoms with van der Waals surface area (Å²) in [4.78, 5) is 0. The predicted molar refractivity (Wildman–Crippen MR) is 85.2 cm³/mol. The van der Waals surface area contributed by atoms with Crippen LogP contribution in [0.3, 0.4) is 0 Å². The summed E-state index contributed by atoms with van der Waals surface area (Å²) in [5.74, 6) is 0.919. The van der Waals surface area contributed by atoms with E-state index in [9.17, 15) is 0 Å². The van der Waals surface area contributed by atoms with Gasteiger partial charge < -0.3 is 9.62 Å². The van der Waals surface area contributed by atoms with Crippen molar-refractivity contribution in [3.05, 3.63) is 66.2 Å². The first-order chi connectivity index (χ1) is 10.9. The Bertz CT molecular complexity index is 757. The minimum Gasteiger partial charge on any atom is -0.411 e. The van der Waals surface area contributed by atoms with Crippen molar-refractivity contribution in [3.8, 4) is 11.5 Å². The summed E-state index contributed by atoms with van der Waals surface area (Å²) in [5, 5.41) is 21.0. The molecule has 1 heterocycles. The first-order valence-corrected chi connectivity index (χ1v) is 7.63. The number of thioether (sulfide) groups is 1. The first kappa shape index (κ1) is 14.3. The number of benzene rings is 2. The molecule has 22 heavy (non-hydrogen) atoms. The van der Waals surface area contributed by atoms with Crippen molar-refractivity contribution >= 4 is 17.5 Å². The molecule has 0 amide bonds. The van der Waals surface area contributed by atoms with Gasteiger partial charge in [0.1, 0.15) is 0 Å². The van der Waals surface area contributed by atoms with Gasteiger partial charge in [0.25, 0.3) is 5.22 Å². The van der Waals surface area contributed by atoms with Crippen LogP contribution < -0.4 is 0 Å². The maximum Gasteiger partial charge on any atom is 0.277 e. The van der Waals surface area contributed by atoms with Gasteiger partial charge >= 0.3 is 0 Å². The molecule has 5 nitrogen and oxygen atoms in total. The highest BCUT2D eigenvalue weighted by molar-refractivity contribution is 7.99. The SMILES string of the molecule is O/N=C(\CSc1nnc(-c2ccccc2)o1)c1ccccc1. The minimum absolute atomic E-state index is 0.441. The minimum atomic E-state index is 0.441. The summed E-state index contributed by atoms with van der Waals surface area (Å²) in [6.07, 6.45) is 0. The fourth-order valence-corrected chi connectivity index (χ4v) is 2.62. The Labute approximate surface area is 131 Å². The lowest BCUT2D eigenvalue weighted by molar-refractivity contribution is 0.319. The highest BCUT2D eigenvalue weighted by Gasteiger charge is 2.11. The van der Waals surface area contributed by atoms with E-state index in [0.29, 0.717) is 22.6 Å². The molecular formula is C16H13N3O2S. The summed E-state index contributed by atoms with van der Waals surface area (Å²) in [5.41, 5.74) is 2.30. The Hall–Kier alpha value is -2.60. The molecule has 0 saturated heterocycles. The molecule has 0 aliphatic rings. The van der Waals surface area contributed by atoms with Gasteiger partial charge in [-0.25, -0.2) is 0 Å². The molecule has 110 valence electrons. The topological polar surface area (TPSA) is 71.5 Å². The molecule has 0 saturated carbocycles. The van der Waals surface area contributed by atoms with E-state index in [2.05, 4.69) is 15.4 Å². The van der Waals surface area contributed by atoms with Crippen LogP contribution in [0.1, 0.15) is 5.56 Å². The monoisotopic (exact) mass is 311 g/mol. The molecule has 6 heteroatoms. The van der Waals surface area contributed by atoms with Crippen LogP contribution in [-0.2, 0) is 0 Å². The van der Waals surface area contributed by atoms with Gasteiger partial charge in [-0.05, 0) is 12.1 Å². The molecule has 1 N–H and O–H groups in total. The van der Waals surface area contributed by atoms with Crippen molar-refractivity contribution < 1.29 is 9.62 Å². The molecule has 3 rings (SSSR count). The number of aromatic nitrogens is 2. The lowest BCUT2D eigenvalue weighted by atomic mass is 10.1. The van der Waals surface area contributed by atoms with Gasteiger partial charge in [0.15, 0.2) is 0 Å². The quantitative estimate of drug-likeness (QED) is 0.336. The zero-order valence-electron chi connectivity index (χ0n) is 11.6. The van der Waals surface area contributed by atoms with Gasteiger partial charge in [0.05, 0.1) is 5.71 Å². The molecule has 1 aromatic heterocycles. The van der Waals surface area contributed by atoms with E-state index in [4.69, 9.17) is 9.62 Å². The van der Waals surface area contributed by atoms with Gasteiger partial charge in [-0.1, -0.05) is 65.4 Å². The number of hydrogen-bond donors (Lipinski definition) is 1. The second kappa shape index (κ2) is 6.91. The summed E-state index contributed by atoms with van der Waals surface area (Å²) < 4.78 is 5.60. The maximum atomic E-state index is 9.15. The molecular weight excluding hydrogens is 298 g/mol. The van der Waals surface area contributed by atoms with E-state index >= 15 is 0 Å². The zero-order valence-corrected chi connectivity index (χ0v) is 12.4. The van der Waals surface area contributed by atoms with Crippen LogP contribution in [0.5, 0.6) is 0 Å². The van der Waals surface area contributed by atoms with Crippen LogP contribution in [0.15, 0.2) is 75.5 Å². The van der Waals surface area contributed by atoms with Crippen molar-refractivity contribution in [1.29, 1.82) is 0 Å². The first-order valence-electron chi connectivity index (χ1n) is 6.65. The van der Waals surface area contributed by atoms with Gasteiger partial charge in [-0.2, -0.15) is 0 Å². The second-order valence-electron chi connectivity index (χ2n) is 4.44. The summed E-state index contributed by atoms with van der Waals surface area (Å²) in [6.45, 7) is 0. The molecule has 0 unspecified atom stereocenters. The van der Waals surface area contributed by atoms with E-state index in [-0.39, 0.29) is 0 Å². The molecule has 0 aliphatic carbocycles. The average Bonchev–Trinajstić information content (AvgIpc) is 3.06. The van der Waals surface area contributed by atoms with Crippen LogP contribution in [0.4, 0.5) is 0 Å². The standard InChI is InChI=1S/C16H13N3O2S/c20-19-14(12-7-3-1-4-8-12)11-22-16-18-17-15(21-16)13-9-5-2-6-10-13/h1-10,20H,11H2/b19-14+. The fraction of sp³-hybridized carbons (Fsp3) is 0.0625. The third-order valence-electron chi connectivity index (χ3n) is 2.99. The molecule has 0 aliphatic heterocycles. The largest absolute Gasteiger partial charge is 0.411 e. The predicted octanol–water partition coefficient (Wildman–Crippen LogP) is 3.71. The average molecular weight is 311 g/mol. The second-order valence-corrected chi connectivity index (χ2v) is 5.37. The van der Waals surface area contributed by atoms with Crippen molar-refractivity contribution in [1.82, 2.24) is 10.2 Å². The molecule has 0 radical (unpaired) electrons. The molecule has 0 bridgehead atoms. The van der Waals surface area contributed by atoms with Gasteiger partial charge in [0, 0.05) is 16.9 Å². The lowest BCUT2D eigenvalue weighted by Crippen LogP contribution is -2.04. The smallest absolute Gasteiger partial charge is 0.277 e. The summed E-state index contributed by atoms with van der Waals surface area (Å²) in [7, 11) is 0. The van der Waals surface area contributed by atoms with Crippen molar-refractivity contribution in [2.75, 3.05) is 5.75 Å². The van der Waals surface area contributed by atoms with E-state index in [1.165, 1.54) is 11.8 Å². The van der Waals surface area contributed by atoms with Crippen molar-refractivity contribution in [2.45, 2.75) is 5.22 Å². The number of oxime groups is 1. The zero-order chi connectivity index (χ0) is 15.2. The van der Waals surface area contributed by atoms with Crippen molar-refractivity contribution in [2.24, 2.45) is 5.16 Å². The van der Waals surface area contributed by atoms with Crippen LogP contribution >= 0.6 is 11.8 Å². The molecule has 0 spiro atoms. The molecule has 0 atom stereocenters. The lowest BCUT2D eigenvalue weighted by Gasteiger charge is -2.01. The van der Waals surface area contributed by atoms with Crippen LogP contribution in [0.2, 0.25) is 0 Å². The number of hydrogen-bond acceptors (Lipinski definition) is 6. The molecule has 2 aromatic carbocycles. The van der Waals surface area contributed by atoms with Gasteiger partial charge in [0.2, 0.25) is 5.89 Å². The normalized spacial score (nSPS) is 11.5. The van der Waals surface area contributed by atoms with Gasteiger partial charge in [-0.3, -0.25) is 0 Å². The Morgan fingerprint density at radius 2 is 1.68 bits per heavy atom. The number of rotatable bonds is 5. The van der Waals surface area contributed by atoms with E-state index < -0.39 is 0 Å². The fourth-order valence-electron chi connectivity index (χ4n) is 1.90. The van der Waals surface area contributed by atoms with Gasteiger partial charge in [-0.15, -0.1) is 10.2 Å². The van der Waals surface area contributed by atoms with Crippen LogP contribution in [0, 0.1) is 0 Å². The highest BCUT2D eigenvalue weighted by Crippen LogP contribution is 2.23. The van der Waals surface area contributed by atoms with Crippen LogP contribution in [-0.4, -0.2) is 26.9 Å². The third-order valence-corrected chi connectivity index (χ3v) is 3.82. The highest BCUT2D eigenvalue weighted by atomic mass is 32.2. The third kappa shape index (κ3) is 3.35. The Kier molecular flexibility index (Phi) is 4.50. The van der Waals surface area contributed by atoms with E-state index in [1.54, 1.807) is 0 Å². The molecule has 3 aromatic rings. The Morgan fingerprint density at radius 1 is 1.00 bits per heavy atom. The summed E-state index contributed by atoms with van der Waals surface area (Å²) >= 11 is 1.33. The number of nitrogens with zero attached hydrogens (tertiary/aromatic N) is 3. The van der Waals surface area contributed by atoms with Crippen LogP contribution in [0.25, 0.3) is 11.5 Å². The molecule has 0 fully saturated rings. The van der Waals surface area contributed by atoms with Crippen molar-refractivity contribution in [3.63, 3.8) is 0 Å². The van der Waals surface area contributed by atoms with E-state index in [1.807, 2.05) is 60.7 Å².